The van der Waals surface area contributed by atoms with Crippen molar-refractivity contribution in [2.24, 2.45) is 0 Å². The summed E-state index contributed by atoms with van der Waals surface area (Å²) in [5.41, 5.74) is 2.83. The number of nitrogens with one attached hydrogen (secondary N) is 2. The molecule has 1 aliphatic rings. The van der Waals surface area contributed by atoms with Crippen molar-refractivity contribution in [2.45, 2.75) is 20.0 Å². The number of piperazine rings is 1. The molecule has 0 unspecified atom stereocenters. The number of halogens is 1. The SMILES string of the molecule is CCOc1ccc(C[NH+]2CC[NH+](Cc3cccc(Br)c3)CC2)cc1. The lowest BCUT2D eigenvalue weighted by Crippen LogP contribution is -3.27. The molecule has 0 saturated carbocycles. The summed E-state index contributed by atoms with van der Waals surface area (Å²) >= 11 is 3.57. The van der Waals surface area contributed by atoms with E-state index in [-0.39, 0.29) is 0 Å². The van der Waals surface area contributed by atoms with Crippen LogP contribution >= 0.6 is 15.9 Å². The molecule has 3 nitrogen and oxygen atoms in total. The second-order valence-electron chi connectivity index (χ2n) is 6.56. The fourth-order valence-corrected chi connectivity index (χ4v) is 3.85. The van der Waals surface area contributed by atoms with Gasteiger partial charge >= 0.3 is 0 Å². The Kier molecular flexibility index (Phi) is 6.30. The maximum Gasteiger partial charge on any atom is 0.127 e. The van der Waals surface area contributed by atoms with Crippen LogP contribution in [0.25, 0.3) is 0 Å². The van der Waals surface area contributed by atoms with Crippen LogP contribution < -0.4 is 14.5 Å². The first kappa shape index (κ1) is 17.5. The van der Waals surface area contributed by atoms with Crippen LogP contribution in [0.15, 0.2) is 53.0 Å². The van der Waals surface area contributed by atoms with E-state index >= 15 is 0 Å². The molecule has 3 rings (SSSR count). The van der Waals surface area contributed by atoms with E-state index in [4.69, 9.17) is 4.74 Å². The van der Waals surface area contributed by atoms with Gasteiger partial charge in [-0.15, -0.1) is 0 Å². The molecular formula is C20H27BrN2O+2. The predicted octanol–water partition coefficient (Wildman–Crippen LogP) is 1.33. The fourth-order valence-electron chi connectivity index (χ4n) is 3.41. The molecule has 24 heavy (non-hydrogen) atoms. The molecule has 4 heteroatoms. The smallest absolute Gasteiger partial charge is 0.127 e. The van der Waals surface area contributed by atoms with Crippen LogP contribution in [-0.2, 0) is 13.1 Å². The average Bonchev–Trinajstić information content (AvgIpc) is 2.59. The maximum absolute atomic E-state index is 5.52. The summed E-state index contributed by atoms with van der Waals surface area (Å²) in [6, 6.07) is 17.3. The van der Waals surface area contributed by atoms with E-state index in [0.717, 1.165) is 25.4 Å². The van der Waals surface area contributed by atoms with E-state index < -0.39 is 0 Å². The van der Waals surface area contributed by atoms with Crippen LogP contribution in [0.1, 0.15) is 18.1 Å². The molecule has 0 aliphatic carbocycles. The number of hydrogen-bond acceptors (Lipinski definition) is 1. The number of ether oxygens (including phenoxy) is 1. The molecule has 2 N–H and O–H groups in total. The molecule has 1 heterocycles. The zero-order chi connectivity index (χ0) is 16.8. The van der Waals surface area contributed by atoms with Crippen LogP contribution in [0.2, 0.25) is 0 Å². The van der Waals surface area contributed by atoms with E-state index in [1.165, 1.54) is 41.8 Å². The molecule has 0 bridgehead atoms. The third kappa shape index (κ3) is 5.07. The first-order valence-electron chi connectivity index (χ1n) is 8.86. The van der Waals surface area contributed by atoms with Crippen LogP contribution in [-0.4, -0.2) is 32.8 Å². The molecule has 0 atom stereocenters. The third-order valence-electron chi connectivity index (χ3n) is 4.70. The van der Waals surface area contributed by atoms with Gasteiger partial charge in [-0.1, -0.05) is 28.1 Å². The summed E-state index contributed by atoms with van der Waals surface area (Å²) in [5.74, 6) is 0.972. The van der Waals surface area contributed by atoms with Gasteiger partial charge in [-0.2, -0.15) is 0 Å². The molecule has 0 aromatic heterocycles. The molecule has 2 aromatic carbocycles. The van der Waals surface area contributed by atoms with E-state index in [9.17, 15) is 0 Å². The highest BCUT2D eigenvalue weighted by Crippen LogP contribution is 2.11. The molecular weight excluding hydrogens is 364 g/mol. The number of rotatable bonds is 6. The Morgan fingerprint density at radius 3 is 2.08 bits per heavy atom. The van der Waals surface area contributed by atoms with Crippen molar-refractivity contribution in [2.75, 3.05) is 32.8 Å². The average molecular weight is 391 g/mol. The highest BCUT2D eigenvalue weighted by atomic mass is 79.9. The lowest BCUT2D eigenvalue weighted by atomic mass is 10.1. The van der Waals surface area contributed by atoms with Gasteiger partial charge in [0, 0.05) is 15.6 Å². The zero-order valence-electron chi connectivity index (χ0n) is 14.4. The first-order valence-corrected chi connectivity index (χ1v) is 9.65. The molecule has 0 spiro atoms. The normalized spacial score (nSPS) is 20.8. The van der Waals surface area contributed by atoms with Gasteiger partial charge in [0.25, 0.3) is 0 Å². The van der Waals surface area contributed by atoms with Crippen molar-refractivity contribution in [3.63, 3.8) is 0 Å². The van der Waals surface area contributed by atoms with Crippen molar-refractivity contribution >= 4 is 15.9 Å². The molecule has 2 aromatic rings. The van der Waals surface area contributed by atoms with E-state index in [2.05, 4.69) is 64.5 Å². The maximum atomic E-state index is 5.52. The van der Waals surface area contributed by atoms with Gasteiger partial charge in [0.2, 0.25) is 0 Å². The van der Waals surface area contributed by atoms with Crippen LogP contribution in [0.3, 0.4) is 0 Å². The van der Waals surface area contributed by atoms with Crippen LogP contribution in [0, 0.1) is 0 Å². The largest absolute Gasteiger partial charge is 0.494 e. The molecule has 128 valence electrons. The Morgan fingerprint density at radius 1 is 0.875 bits per heavy atom. The summed E-state index contributed by atoms with van der Waals surface area (Å²) in [6.07, 6.45) is 0. The summed E-state index contributed by atoms with van der Waals surface area (Å²) < 4.78 is 6.70. The zero-order valence-corrected chi connectivity index (χ0v) is 15.9. The van der Waals surface area contributed by atoms with Gasteiger partial charge in [0.05, 0.1) is 6.61 Å². The van der Waals surface area contributed by atoms with Crippen LogP contribution in [0.5, 0.6) is 5.75 Å². The lowest BCUT2D eigenvalue weighted by molar-refractivity contribution is -1.02. The predicted molar refractivity (Wildman–Crippen MR) is 101 cm³/mol. The van der Waals surface area contributed by atoms with Gasteiger partial charge in [-0.25, -0.2) is 0 Å². The Bertz CT molecular complexity index is 636. The second-order valence-corrected chi connectivity index (χ2v) is 7.48. The Hall–Kier alpha value is -1.36. The monoisotopic (exact) mass is 390 g/mol. The minimum Gasteiger partial charge on any atom is -0.494 e. The van der Waals surface area contributed by atoms with Gasteiger partial charge in [0.1, 0.15) is 45.0 Å². The van der Waals surface area contributed by atoms with E-state index in [0.29, 0.717) is 0 Å². The lowest BCUT2D eigenvalue weighted by Gasteiger charge is -2.29. The van der Waals surface area contributed by atoms with Gasteiger partial charge in [-0.05, 0) is 43.3 Å². The summed E-state index contributed by atoms with van der Waals surface area (Å²) in [4.78, 5) is 3.39. The van der Waals surface area contributed by atoms with Crippen molar-refractivity contribution in [3.8, 4) is 5.75 Å². The molecule has 1 aliphatic heterocycles. The molecule has 0 radical (unpaired) electrons. The highest BCUT2D eigenvalue weighted by molar-refractivity contribution is 9.10. The van der Waals surface area contributed by atoms with Gasteiger partial charge in [-0.3, -0.25) is 0 Å². The van der Waals surface area contributed by atoms with E-state index in [1.54, 1.807) is 9.80 Å². The van der Waals surface area contributed by atoms with Crippen molar-refractivity contribution < 1.29 is 14.5 Å². The van der Waals surface area contributed by atoms with Gasteiger partial charge < -0.3 is 14.5 Å². The van der Waals surface area contributed by atoms with Gasteiger partial charge in [0.15, 0.2) is 0 Å². The Balaban J connectivity index is 1.46. The number of benzene rings is 2. The van der Waals surface area contributed by atoms with Crippen molar-refractivity contribution in [3.05, 3.63) is 64.1 Å². The first-order chi connectivity index (χ1) is 11.7. The minimum absolute atomic E-state index is 0.729. The summed E-state index contributed by atoms with van der Waals surface area (Å²) in [5, 5.41) is 0. The Labute approximate surface area is 153 Å². The molecule has 1 fully saturated rings. The summed E-state index contributed by atoms with van der Waals surface area (Å²) in [7, 11) is 0. The number of hydrogen-bond donors (Lipinski definition) is 2. The van der Waals surface area contributed by atoms with Crippen LogP contribution in [0.4, 0.5) is 0 Å². The number of quaternary nitrogens is 2. The quantitative estimate of drug-likeness (QED) is 0.761. The van der Waals surface area contributed by atoms with Crippen molar-refractivity contribution in [1.82, 2.24) is 0 Å². The Morgan fingerprint density at radius 2 is 1.50 bits per heavy atom. The molecule has 0 amide bonds. The van der Waals surface area contributed by atoms with E-state index in [1.807, 2.05) is 6.92 Å². The van der Waals surface area contributed by atoms with Crippen molar-refractivity contribution in [1.29, 1.82) is 0 Å². The highest BCUT2D eigenvalue weighted by Gasteiger charge is 2.23. The third-order valence-corrected chi connectivity index (χ3v) is 5.19. The second kappa shape index (κ2) is 8.65. The molecule has 1 saturated heterocycles. The minimum atomic E-state index is 0.729. The topological polar surface area (TPSA) is 18.1 Å². The fraction of sp³-hybridized carbons (Fsp3) is 0.400. The summed E-state index contributed by atoms with van der Waals surface area (Å²) in [6.45, 7) is 10.00. The standard InChI is InChI=1S/C20H25BrN2O/c1-2-24-20-8-6-17(7-9-20)15-22-10-12-23(13-11-22)16-18-4-3-5-19(21)14-18/h3-9,14H,2,10-13,15-16H2,1H3/p+2.